The van der Waals surface area contributed by atoms with Crippen LogP contribution in [0.4, 0.5) is 0 Å². The number of aliphatic hydroxyl groups excluding tert-OH is 1. The van der Waals surface area contributed by atoms with Crippen molar-refractivity contribution in [1.29, 1.82) is 0 Å². The highest BCUT2D eigenvalue weighted by molar-refractivity contribution is 5.45. The molecule has 1 heterocycles. The van der Waals surface area contributed by atoms with Crippen LogP contribution < -0.4 is 4.74 Å². The first-order chi connectivity index (χ1) is 9.65. The van der Waals surface area contributed by atoms with Crippen molar-refractivity contribution < 1.29 is 9.84 Å². The molecule has 1 atom stereocenters. The fourth-order valence-electron chi connectivity index (χ4n) is 2.77. The maximum absolute atomic E-state index is 10.5. The molecule has 104 valence electrons. The summed E-state index contributed by atoms with van der Waals surface area (Å²) in [5, 5.41) is 10.5. The van der Waals surface area contributed by atoms with Crippen LogP contribution in [-0.2, 0) is 12.8 Å². The minimum Gasteiger partial charge on any atom is -0.493 e. The number of hydrogen-bond donors (Lipinski definition) is 1. The Morgan fingerprint density at radius 3 is 2.80 bits per heavy atom. The Kier molecular flexibility index (Phi) is 3.49. The van der Waals surface area contributed by atoms with E-state index in [4.69, 9.17) is 4.74 Å². The third-order valence-corrected chi connectivity index (χ3v) is 4.10. The fraction of sp³-hybridized carbons (Fsp3) is 0.333. The summed E-state index contributed by atoms with van der Waals surface area (Å²) in [6.07, 6.45) is 1.06. The highest BCUT2D eigenvalue weighted by Crippen LogP contribution is 2.34. The number of aryl methyl sites for hydroxylation is 2. The van der Waals surface area contributed by atoms with Gasteiger partial charge in [0.1, 0.15) is 5.75 Å². The van der Waals surface area contributed by atoms with Crippen molar-refractivity contribution in [2.24, 2.45) is 0 Å². The van der Waals surface area contributed by atoms with Crippen molar-refractivity contribution in [3.8, 4) is 5.75 Å². The van der Waals surface area contributed by atoms with Crippen molar-refractivity contribution >= 4 is 0 Å². The lowest BCUT2D eigenvalue weighted by molar-refractivity contribution is 0.173. The van der Waals surface area contributed by atoms with E-state index in [9.17, 15) is 5.11 Å². The van der Waals surface area contributed by atoms with Gasteiger partial charge in [-0.05, 0) is 36.1 Å². The molecule has 1 aliphatic heterocycles. The molecule has 20 heavy (non-hydrogen) atoms. The molecule has 0 saturated heterocycles. The van der Waals surface area contributed by atoms with Crippen LogP contribution in [-0.4, -0.2) is 11.7 Å². The molecule has 0 aromatic heterocycles. The van der Waals surface area contributed by atoms with Gasteiger partial charge in [0.15, 0.2) is 0 Å². The largest absolute Gasteiger partial charge is 0.493 e. The fourth-order valence-corrected chi connectivity index (χ4v) is 2.77. The normalized spacial score (nSPS) is 14.8. The predicted molar refractivity (Wildman–Crippen MR) is 80.2 cm³/mol. The van der Waals surface area contributed by atoms with Gasteiger partial charge in [-0.25, -0.2) is 0 Å². The molecule has 0 spiro atoms. The van der Waals surface area contributed by atoms with Crippen LogP contribution in [0.2, 0.25) is 0 Å². The van der Waals surface area contributed by atoms with E-state index in [0.717, 1.165) is 29.9 Å². The number of rotatable bonds is 3. The molecule has 2 nitrogen and oxygen atoms in total. The van der Waals surface area contributed by atoms with Crippen LogP contribution in [0.5, 0.6) is 5.75 Å². The van der Waals surface area contributed by atoms with Gasteiger partial charge < -0.3 is 9.84 Å². The minimum atomic E-state index is -0.509. The highest BCUT2D eigenvalue weighted by atomic mass is 16.5. The first kappa shape index (κ1) is 13.2. The van der Waals surface area contributed by atoms with Crippen molar-refractivity contribution in [1.82, 2.24) is 0 Å². The van der Waals surface area contributed by atoms with Crippen LogP contribution >= 0.6 is 0 Å². The highest BCUT2D eigenvalue weighted by Gasteiger charge is 2.20. The van der Waals surface area contributed by atoms with Gasteiger partial charge in [0, 0.05) is 18.4 Å². The molecule has 2 aromatic carbocycles. The topological polar surface area (TPSA) is 29.5 Å². The number of para-hydroxylation sites is 1. The van der Waals surface area contributed by atoms with Gasteiger partial charge in [0.05, 0.1) is 12.7 Å². The number of hydrogen-bond acceptors (Lipinski definition) is 2. The van der Waals surface area contributed by atoms with Crippen LogP contribution in [0.25, 0.3) is 0 Å². The molecule has 3 rings (SSSR count). The second-order valence-electron chi connectivity index (χ2n) is 5.57. The third-order valence-electron chi connectivity index (χ3n) is 4.10. The summed E-state index contributed by atoms with van der Waals surface area (Å²) >= 11 is 0. The Morgan fingerprint density at radius 2 is 2.00 bits per heavy atom. The molecule has 0 radical (unpaired) electrons. The smallest absolute Gasteiger partial charge is 0.128 e. The SMILES string of the molecule is Cc1ccc(CC(O)c2cccc3c2OCC3)cc1C. The summed E-state index contributed by atoms with van der Waals surface area (Å²) in [5.74, 6) is 0.892. The average molecular weight is 268 g/mol. The van der Waals surface area contributed by atoms with E-state index in [-0.39, 0.29) is 0 Å². The van der Waals surface area contributed by atoms with Gasteiger partial charge in [0.25, 0.3) is 0 Å². The number of ether oxygens (including phenoxy) is 1. The van der Waals surface area contributed by atoms with E-state index >= 15 is 0 Å². The van der Waals surface area contributed by atoms with Crippen molar-refractivity contribution in [3.05, 3.63) is 64.2 Å². The van der Waals surface area contributed by atoms with E-state index in [1.54, 1.807) is 0 Å². The molecule has 1 unspecified atom stereocenters. The average Bonchev–Trinajstić information content (AvgIpc) is 2.91. The summed E-state index contributed by atoms with van der Waals surface area (Å²) in [6, 6.07) is 12.4. The van der Waals surface area contributed by atoms with Crippen LogP contribution in [0.1, 0.15) is 33.9 Å². The van der Waals surface area contributed by atoms with Crippen LogP contribution in [0.3, 0.4) is 0 Å². The van der Waals surface area contributed by atoms with Gasteiger partial charge >= 0.3 is 0 Å². The molecule has 0 bridgehead atoms. The van der Waals surface area contributed by atoms with E-state index in [1.165, 1.54) is 16.7 Å². The maximum atomic E-state index is 10.5. The third kappa shape index (κ3) is 2.44. The number of aliphatic hydroxyl groups is 1. The van der Waals surface area contributed by atoms with Gasteiger partial charge in [-0.1, -0.05) is 36.4 Å². The van der Waals surface area contributed by atoms with Crippen molar-refractivity contribution in [2.75, 3.05) is 6.61 Å². The molecular weight excluding hydrogens is 248 g/mol. The Bertz CT molecular complexity index is 631. The molecular formula is C18H20O2. The summed E-state index contributed by atoms with van der Waals surface area (Å²) in [4.78, 5) is 0. The van der Waals surface area contributed by atoms with Gasteiger partial charge in [-0.15, -0.1) is 0 Å². The Balaban J connectivity index is 1.84. The molecule has 2 heteroatoms. The second kappa shape index (κ2) is 5.29. The molecule has 0 aliphatic carbocycles. The minimum absolute atomic E-state index is 0.509. The first-order valence-corrected chi connectivity index (χ1v) is 7.14. The lowest BCUT2D eigenvalue weighted by atomic mass is 9.96. The lowest BCUT2D eigenvalue weighted by Gasteiger charge is -2.15. The Morgan fingerprint density at radius 1 is 1.15 bits per heavy atom. The first-order valence-electron chi connectivity index (χ1n) is 7.14. The zero-order valence-corrected chi connectivity index (χ0v) is 12.0. The molecule has 2 aromatic rings. The van der Waals surface area contributed by atoms with E-state index < -0.39 is 6.10 Å². The van der Waals surface area contributed by atoms with E-state index in [1.807, 2.05) is 12.1 Å². The Labute approximate surface area is 120 Å². The predicted octanol–water partition coefficient (Wildman–Crippen LogP) is 3.51. The Hall–Kier alpha value is -1.80. The lowest BCUT2D eigenvalue weighted by Crippen LogP contribution is -2.04. The maximum Gasteiger partial charge on any atom is 0.128 e. The van der Waals surface area contributed by atoms with Crippen LogP contribution in [0.15, 0.2) is 36.4 Å². The van der Waals surface area contributed by atoms with E-state index in [2.05, 4.69) is 38.1 Å². The summed E-state index contributed by atoms with van der Waals surface area (Å²) in [6.45, 7) is 4.94. The molecule has 1 N–H and O–H groups in total. The van der Waals surface area contributed by atoms with Gasteiger partial charge in [-0.2, -0.15) is 0 Å². The molecule has 1 aliphatic rings. The van der Waals surface area contributed by atoms with Crippen molar-refractivity contribution in [2.45, 2.75) is 32.8 Å². The monoisotopic (exact) mass is 268 g/mol. The van der Waals surface area contributed by atoms with Gasteiger partial charge in [-0.3, -0.25) is 0 Å². The van der Waals surface area contributed by atoms with Gasteiger partial charge in [0.2, 0.25) is 0 Å². The number of fused-ring (bicyclic) bond motifs is 1. The van der Waals surface area contributed by atoms with Crippen LogP contribution in [0, 0.1) is 13.8 Å². The molecule has 0 saturated carbocycles. The summed E-state index contributed by atoms with van der Waals surface area (Å²) < 4.78 is 5.67. The number of benzene rings is 2. The summed E-state index contributed by atoms with van der Waals surface area (Å²) in [7, 11) is 0. The van der Waals surface area contributed by atoms with E-state index in [0.29, 0.717) is 6.42 Å². The summed E-state index contributed by atoms with van der Waals surface area (Å²) in [5.41, 5.74) is 5.84. The zero-order chi connectivity index (χ0) is 14.1. The molecule has 0 amide bonds. The van der Waals surface area contributed by atoms with Crippen molar-refractivity contribution in [3.63, 3.8) is 0 Å². The zero-order valence-electron chi connectivity index (χ0n) is 12.0. The standard InChI is InChI=1S/C18H20O2/c1-12-6-7-14(10-13(12)2)11-17(19)16-5-3-4-15-8-9-20-18(15)16/h3-7,10,17,19H,8-9,11H2,1-2H3. The quantitative estimate of drug-likeness (QED) is 0.923. The second-order valence-corrected chi connectivity index (χ2v) is 5.57. The molecule has 0 fully saturated rings.